The topological polar surface area (TPSA) is 90.9 Å². The van der Waals surface area contributed by atoms with Crippen LogP contribution >= 0.6 is 22.6 Å². The SMILES string of the molecule is Cc1cc(I)ccc1NC(=O)Cn1cnc2c1c(=O)n(C)c(=O)n2C. The first-order valence-corrected chi connectivity index (χ1v) is 8.54. The van der Waals surface area contributed by atoms with Gasteiger partial charge >= 0.3 is 5.69 Å². The quantitative estimate of drug-likeness (QED) is 0.599. The second kappa shape index (κ2) is 6.47. The zero-order chi connectivity index (χ0) is 18.3. The van der Waals surface area contributed by atoms with E-state index in [1.165, 1.54) is 29.6 Å². The van der Waals surface area contributed by atoms with E-state index < -0.39 is 11.2 Å². The molecule has 0 spiro atoms. The van der Waals surface area contributed by atoms with E-state index in [1.54, 1.807) is 0 Å². The highest BCUT2D eigenvalue weighted by Crippen LogP contribution is 2.17. The first-order valence-electron chi connectivity index (χ1n) is 7.46. The van der Waals surface area contributed by atoms with Crippen LogP contribution < -0.4 is 16.6 Å². The Morgan fingerprint density at radius 1 is 1.24 bits per heavy atom. The van der Waals surface area contributed by atoms with Crippen LogP contribution in [0.3, 0.4) is 0 Å². The molecule has 3 rings (SSSR count). The highest BCUT2D eigenvalue weighted by molar-refractivity contribution is 14.1. The number of aryl methyl sites for hydroxylation is 2. The maximum absolute atomic E-state index is 12.4. The van der Waals surface area contributed by atoms with Crippen molar-refractivity contribution in [2.45, 2.75) is 13.5 Å². The summed E-state index contributed by atoms with van der Waals surface area (Å²) >= 11 is 2.21. The Morgan fingerprint density at radius 3 is 2.64 bits per heavy atom. The van der Waals surface area contributed by atoms with E-state index >= 15 is 0 Å². The molecule has 130 valence electrons. The predicted octanol–water partition coefficient (Wildman–Crippen LogP) is 0.985. The first-order chi connectivity index (χ1) is 11.8. The van der Waals surface area contributed by atoms with Crippen LogP contribution in [0, 0.1) is 10.5 Å². The molecule has 25 heavy (non-hydrogen) atoms. The van der Waals surface area contributed by atoms with Crippen LogP contribution in [0.5, 0.6) is 0 Å². The van der Waals surface area contributed by atoms with Crippen molar-refractivity contribution in [3.8, 4) is 0 Å². The van der Waals surface area contributed by atoms with Gasteiger partial charge in [-0.2, -0.15) is 0 Å². The number of carbonyl (C=O) groups is 1. The average molecular weight is 453 g/mol. The van der Waals surface area contributed by atoms with Crippen LogP contribution in [0.15, 0.2) is 34.1 Å². The summed E-state index contributed by atoms with van der Waals surface area (Å²) in [5.74, 6) is -0.278. The maximum atomic E-state index is 12.4. The summed E-state index contributed by atoms with van der Waals surface area (Å²) < 4.78 is 4.82. The summed E-state index contributed by atoms with van der Waals surface area (Å²) in [5.41, 5.74) is 1.21. The van der Waals surface area contributed by atoms with E-state index in [0.29, 0.717) is 0 Å². The smallest absolute Gasteiger partial charge is 0.324 e. The van der Waals surface area contributed by atoms with Crippen molar-refractivity contribution in [3.63, 3.8) is 0 Å². The minimum absolute atomic E-state index is 0.0740. The van der Waals surface area contributed by atoms with Crippen molar-refractivity contribution in [2.75, 3.05) is 5.32 Å². The third-order valence-corrected chi connectivity index (χ3v) is 4.66. The third kappa shape index (κ3) is 3.11. The Labute approximate surface area is 156 Å². The molecule has 9 heteroatoms. The molecule has 0 aliphatic heterocycles. The van der Waals surface area contributed by atoms with Gasteiger partial charge in [-0.05, 0) is 53.3 Å². The molecule has 1 N–H and O–H groups in total. The number of hydrogen-bond acceptors (Lipinski definition) is 4. The lowest BCUT2D eigenvalue weighted by Gasteiger charge is -2.10. The van der Waals surface area contributed by atoms with Crippen molar-refractivity contribution in [1.82, 2.24) is 18.7 Å². The number of anilines is 1. The minimum Gasteiger partial charge on any atom is -0.324 e. The molecular weight excluding hydrogens is 437 g/mol. The van der Waals surface area contributed by atoms with Gasteiger partial charge in [0.25, 0.3) is 5.56 Å². The molecule has 2 heterocycles. The molecule has 1 aromatic carbocycles. The molecule has 0 bridgehead atoms. The molecule has 8 nitrogen and oxygen atoms in total. The Morgan fingerprint density at radius 2 is 1.96 bits per heavy atom. The Hall–Kier alpha value is -2.43. The molecule has 0 radical (unpaired) electrons. The van der Waals surface area contributed by atoms with E-state index in [0.717, 1.165) is 19.4 Å². The zero-order valence-corrected chi connectivity index (χ0v) is 16.1. The molecule has 0 saturated carbocycles. The second-order valence-electron chi connectivity index (χ2n) is 5.76. The number of imidazole rings is 1. The maximum Gasteiger partial charge on any atom is 0.332 e. The number of aromatic nitrogens is 4. The molecule has 0 aliphatic rings. The molecule has 3 aromatic rings. The number of nitrogens with zero attached hydrogens (tertiary/aromatic N) is 4. The molecule has 0 fully saturated rings. The largest absolute Gasteiger partial charge is 0.332 e. The van der Waals surface area contributed by atoms with Crippen LogP contribution in [0.4, 0.5) is 5.69 Å². The fraction of sp³-hybridized carbons (Fsp3) is 0.250. The van der Waals surface area contributed by atoms with Crippen LogP contribution in [0.25, 0.3) is 11.2 Å². The summed E-state index contributed by atoms with van der Waals surface area (Å²) in [5, 5.41) is 2.83. The number of amides is 1. The van der Waals surface area contributed by atoms with Gasteiger partial charge in [0.05, 0.1) is 6.33 Å². The summed E-state index contributed by atoms with van der Waals surface area (Å²) in [6, 6.07) is 5.71. The number of fused-ring (bicyclic) bond motifs is 1. The lowest BCUT2D eigenvalue weighted by molar-refractivity contribution is -0.116. The fourth-order valence-electron chi connectivity index (χ4n) is 2.63. The molecule has 0 unspecified atom stereocenters. The zero-order valence-electron chi connectivity index (χ0n) is 13.9. The molecule has 0 atom stereocenters. The summed E-state index contributed by atoms with van der Waals surface area (Å²) in [6.07, 6.45) is 1.39. The van der Waals surface area contributed by atoms with E-state index in [-0.39, 0.29) is 23.6 Å². The van der Waals surface area contributed by atoms with E-state index in [2.05, 4.69) is 32.9 Å². The van der Waals surface area contributed by atoms with E-state index in [9.17, 15) is 14.4 Å². The highest BCUT2D eigenvalue weighted by Gasteiger charge is 2.16. The second-order valence-corrected chi connectivity index (χ2v) is 7.00. The van der Waals surface area contributed by atoms with Gasteiger partial charge in [0.15, 0.2) is 11.2 Å². The van der Waals surface area contributed by atoms with Gasteiger partial charge in [-0.3, -0.25) is 18.7 Å². The lowest BCUT2D eigenvalue weighted by Crippen LogP contribution is -2.37. The molecular formula is C16H16IN5O3. The van der Waals surface area contributed by atoms with Gasteiger partial charge < -0.3 is 9.88 Å². The Kier molecular flexibility index (Phi) is 4.50. The van der Waals surface area contributed by atoms with Crippen molar-refractivity contribution < 1.29 is 4.79 Å². The molecule has 1 amide bonds. The lowest BCUT2D eigenvalue weighted by atomic mass is 10.2. The standard InChI is InChI=1S/C16H16IN5O3/c1-9-6-10(17)4-5-11(9)19-12(23)7-22-8-18-14-13(22)15(24)21(3)16(25)20(14)2/h4-6,8H,7H2,1-3H3,(H,19,23). The van der Waals surface area contributed by atoms with Crippen LogP contribution in [0.2, 0.25) is 0 Å². The molecule has 0 aliphatic carbocycles. The van der Waals surface area contributed by atoms with Crippen LogP contribution in [-0.4, -0.2) is 24.6 Å². The van der Waals surface area contributed by atoms with E-state index in [1.807, 2.05) is 25.1 Å². The van der Waals surface area contributed by atoms with Gasteiger partial charge in [0.1, 0.15) is 6.54 Å². The number of benzene rings is 1. The minimum atomic E-state index is -0.478. The molecule has 2 aromatic heterocycles. The normalized spacial score (nSPS) is 11.0. The Bertz CT molecular complexity index is 1110. The van der Waals surface area contributed by atoms with Gasteiger partial charge in [-0.15, -0.1) is 0 Å². The highest BCUT2D eigenvalue weighted by atomic mass is 127. The third-order valence-electron chi connectivity index (χ3n) is 3.99. The van der Waals surface area contributed by atoms with Gasteiger partial charge in [-0.25, -0.2) is 9.78 Å². The van der Waals surface area contributed by atoms with Crippen molar-refractivity contribution in [3.05, 3.63) is 54.5 Å². The van der Waals surface area contributed by atoms with Crippen molar-refractivity contribution in [2.24, 2.45) is 14.1 Å². The van der Waals surface area contributed by atoms with Crippen LogP contribution in [-0.2, 0) is 25.4 Å². The van der Waals surface area contributed by atoms with Crippen molar-refractivity contribution in [1.29, 1.82) is 0 Å². The number of hydrogen-bond donors (Lipinski definition) is 1. The Balaban J connectivity index is 1.94. The predicted molar refractivity (Wildman–Crippen MR) is 103 cm³/mol. The van der Waals surface area contributed by atoms with Gasteiger partial charge in [0, 0.05) is 23.4 Å². The van der Waals surface area contributed by atoms with Gasteiger partial charge in [-0.1, -0.05) is 0 Å². The molecule has 0 saturated heterocycles. The van der Waals surface area contributed by atoms with E-state index in [4.69, 9.17) is 0 Å². The number of rotatable bonds is 3. The monoisotopic (exact) mass is 453 g/mol. The summed E-state index contributed by atoms with van der Waals surface area (Å²) in [7, 11) is 2.94. The first kappa shape index (κ1) is 17.4. The van der Waals surface area contributed by atoms with Crippen molar-refractivity contribution >= 4 is 45.3 Å². The average Bonchev–Trinajstić information content (AvgIpc) is 2.97. The van der Waals surface area contributed by atoms with Crippen LogP contribution in [0.1, 0.15) is 5.56 Å². The number of carbonyl (C=O) groups excluding carboxylic acids is 1. The van der Waals surface area contributed by atoms with Gasteiger partial charge in [0.2, 0.25) is 5.91 Å². The number of nitrogens with one attached hydrogen (secondary N) is 1. The number of halogens is 1. The fourth-order valence-corrected chi connectivity index (χ4v) is 3.28. The summed E-state index contributed by atoms with van der Waals surface area (Å²) in [6.45, 7) is 1.84. The summed E-state index contributed by atoms with van der Waals surface area (Å²) in [4.78, 5) is 40.8.